The van der Waals surface area contributed by atoms with Crippen molar-refractivity contribution in [3.8, 4) is 0 Å². The van der Waals surface area contributed by atoms with Gasteiger partial charge in [-0.05, 0) is 36.5 Å². The summed E-state index contributed by atoms with van der Waals surface area (Å²) in [4.78, 5) is 11.7. The van der Waals surface area contributed by atoms with Gasteiger partial charge in [0.25, 0.3) is 0 Å². The third-order valence-corrected chi connectivity index (χ3v) is 3.77. The van der Waals surface area contributed by atoms with Crippen molar-refractivity contribution in [2.45, 2.75) is 39.3 Å². The first-order valence-electron chi connectivity index (χ1n) is 5.88. The van der Waals surface area contributed by atoms with E-state index in [9.17, 15) is 0 Å². The fourth-order valence-electron chi connectivity index (χ4n) is 2.16. The minimum atomic E-state index is 0.0294. The highest BCUT2D eigenvalue weighted by atomic mass is 35.5. The number of aromatic nitrogens is 3. The molecule has 1 aromatic heterocycles. The second kappa shape index (κ2) is 5.15. The van der Waals surface area contributed by atoms with Gasteiger partial charge in [0.05, 0.1) is 6.10 Å². The number of rotatable bonds is 4. The molecular weight excluding hydrogens is 275 g/mol. The highest BCUT2D eigenvalue weighted by Gasteiger charge is 2.49. The van der Waals surface area contributed by atoms with E-state index in [-0.39, 0.29) is 28.1 Å². The van der Waals surface area contributed by atoms with Crippen LogP contribution in [-0.2, 0) is 4.74 Å². The van der Waals surface area contributed by atoms with E-state index < -0.39 is 0 Å². The number of hydrogen-bond acceptors (Lipinski definition) is 5. The second-order valence-corrected chi connectivity index (χ2v) is 5.57. The van der Waals surface area contributed by atoms with Gasteiger partial charge in [-0.25, -0.2) is 0 Å². The van der Waals surface area contributed by atoms with Crippen LogP contribution in [-0.4, -0.2) is 33.7 Å². The predicted octanol–water partition coefficient (Wildman–Crippen LogP) is 2.79. The summed E-state index contributed by atoms with van der Waals surface area (Å²) in [7, 11) is 0. The van der Waals surface area contributed by atoms with Crippen molar-refractivity contribution in [3.05, 3.63) is 10.6 Å². The van der Waals surface area contributed by atoms with E-state index in [0.29, 0.717) is 5.95 Å². The van der Waals surface area contributed by atoms with Crippen LogP contribution in [0, 0.1) is 5.41 Å². The van der Waals surface area contributed by atoms with Crippen molar-refractivity contribution in [1.29, 1.82) is 0 Å². The fraction of sp³-hybridized carbons (Fsp3) is 0.727. The van der Waals surface area contributed by atoms with Gasteiger partial charge in [0.2, 0.25) is 16.5 Å². The van der Waals surface area contributed by atoms with Crippen LogP contribution in [0.4, 0.5) is 5.95 Å². The Morgan fingerprint density at radius 2 is 1.89 bits per heavy atom. The molecular formula is C11H16Cl2N4O. The molecule has 18 heavy (non-hydrogen) atoms. The van der Waals surface area contributed by atoms with Crippen molar-refractivity contribution in [2.75, 3.05) is 11.9 Å². The van der Waals surface area contributed by atoms with E-state index in [0.717, 1.165) is 13.0 Å². The number of hydrogen-bond donors (Lipinski definition) is 1. The van der Waals surface area contributed by atoms with Gasteiger partial charge in [0, 0.05) is 18.1 Å². The molecule has 2 rings (SSSR count). The Bertz CT molecular complexity index is 421. The van der Waals surface area contributed by atoms with E-state index in [1.807, 2.05) is 6.92 Å². The summed E-state index contributed by atoms with van der Waals surface area (Å²) < 4.78 is 5.66. The van der Waals surface area contributed by atoms with Crippen LogP contribution in [0.25, 0.3) is 0 Å². The lowest BCUT2D eigenvalue weighted by atomic mass is 9.64. The van der Waals surface area contributed by atoms with Crippen LogP contribution in [0.1, 0.15) is 27.2 Å². The minimum Gasteiger partial charge on any atom is -0.378 e. The van der Waals surface area contributed by atoms with E-state index in [1.54, 1.807) is 0 Å². The van der Waals surface area contributed by atoms with Crippen molar-refractivity contribution in [1.82, 2.24) is 15.0 Å². The lowest BCUT2D eigenvalue weighted by molar-refractivity contribution is -0.0977. The average Bonchev–Trinajstić information content (AvgIpc) is 2.26. The molecule has 2 atom stereocenters. The van der Waals surface area contributed by atoms with E-state index in [1.165, 1.54) is 0 Å². The predicted molar refractivity (Wildman–Crippen MR) is 71.1 cm³/mol. The van der Waals surface area contributed by atoms with Crippen molar-refractivity contribution < 1.29 is 4.74 Å². The lowest BCUT2D eigenvalue weighted by Gasteiger charge is -2.51. The molecule has 1 aliphatic rings. The number of ether oxygens (including phenoxy) is 1. The Morgan fingerprint density at radius 3 is 2.39 bits per heavy atom. The summed E-state index contributed by atoms with van der Waals surface area (Å²) in [5.74, 6) is 0.410. The highest BCUT2D eigenvalue weighted by molar-refractivity contribution is 6.31. The third-order valence-electron chi connectivity index (χ3n) is 3.43. The number of halogens is 2. The van der Waals surface area contributed by atoms with Crippen LogP contribution < -0.4 is 5.32 Å². The fourth-order valence-corrected chi connectivity index (χ4v) is 2.52. The van der Waals surface area contributed by atoms with Crippen LogP contribution in [0.15, 0.2) is 0 Å². The minimum absolute atomic E-state index is 0.0294. The van der Waals surface area contributed by atoms with Gasteiger partial charge in [0.1, 0.15) is 0 Å². The summed E-state index contributed by atoms with van der Waals surface area (Å²) in [6.45, 7) is 7.03. The lowest BCUT2D eigenvalue weighted by Crippen LogP contribution is -2.58. The molecule has 1 N–H and O–H groups in total. The quantitative estimate of drug-likeness (QED) is 0.924. The van der Waals surface area contributed by atoms with E-state index in [2.05, 4.69) is 34.1 Å². The van der Waals surface area contributed by atoms with E-state index in [4.69, 9.17) is 27.9 Å². The van der Waals surface area contributed by atoms with Gasteiger partial charge < -0.3 is 10.1 Å². The molecule has 1 saturated carbocycles. The number of nitrogens with zero attached hydrogens (tertiary/aromatic N) is 3. The van der Waals surface area contributed by atoms with Crippen LogP contribution in [0.2, 0.25) is 10.6 Å². The summed E-state index contributed by atoms with van der Waals surface area (Å²) in [5, 5.41) is 3.41. The summed E-state index contributed by atoms with van der Waals surface area (Å²) in [6, 6.07) is 0.239. The molecule has 0 bridgehead atoms. The van der Waals surface area contributed by atoms with Gasteiger partial charge in [-0.1, -0.05) is 13.8 Å². The molecule has 1 aliphatic carbocycles. The van der Waals surface area contributed by atoms with Gasteiger partial charge in [-0.15, -0.1) is 0 Å². The molecule has 1 fully saturated rings. The molecule has 2 unspecified atom stereocenters. The van der Waals surface area contributed by atoms with Gasteiger partial charge in [-0.3, -0.25) is 0 Å². The van der Waals surface area contributed by atoms with E-state index >= 15 is 0 Å². The normalized spacial score (nSPS) is 25.6. The molecule has 100 valence electrons. The smallest absolute Gasteiger partial charge is 0.228 e. The Balaban J connectivity index is 2.03. The summed E-state index contributed by atoms with van der Waals surface area (Å²) >= 11 is 11.5. The Labute approximate surface area is 116 Å². The maximum atomic E-state index is 5.73. The molecule has 0 saturated heterocycles. The number of anilines is 1. The molecule has 0 spiro atoms. The molecule has 7 heteroatoms. The first-order valence-corrected chi connectivity index (χ1v) is 6.64. The summed E-state index contributed by atoms with van der Waals surface area (Å²) in [5.41, 5.74) is 0.0294. The largest absolute Gasteiger partial charge is 0.378 e. The second-order valence-electron chi connectivity index (χ2n) is 4.90. The molecule has 1 heterocycles. The maximum Gasteiger partial charge on any atom is 0.228 e. The zero-order valence-electron chi connectivity index (χ0n) is 10.6. The Kier molecular flexibility index (Phi) is 3.94. The Hall–Kier alpha value is -0.650. The molecule has 0 aromatic carbocycles. The van der Waals surface area contributed by atoms with Gasteiger partial charge in [0.15, 0.2) is 0 Å². The van der Waals surface area contributed by atoms with Gasteiger partial charge in [-0.2, -0.15) is 15.0 Å². The molecule has 0 radical (unpaired) electrons. The van der Waals surface area contributed by atoms with Gasteiger partial charge >= 0.3 is 0 Å². The first kappa shape index (κ1) is 13.8. The topological polar surface area (TPSA) is 59.9 Å². The zero-order chi connectivity index (χ0) is 13.3. The monoisotopic (exact) mass is 290 g/mol. The standard InChI is InChI=1S/C11H16Cl2N4O/c1-4-18-7-5-6(11(7,2)3)14-10-16-8(12)15-9(13)17-10/h6-7H,4-5H2,1-3H3,(H,14,15,16,17). The van der Waals surface area contributed by atoms with Crippen LogP contribution in [0.5, 0.6) is 0 Å². The Morgan fingerprint density at radius 1 is 1.28 bits per heavy atom. The zero-order valence-corrected chi connectivity index (χ0v) is 12.1. The SMILES string of the molecule is CCOC1CC(Nc2nc(Cl)nc(Cl)n2)C1(C)C. The average molecular weight is 291 g/mol. The third kappa shape index (κ3) is 2.68. The number of nitrogens with one attached hydrogen (secondary N) is 1. The summed E-state index contributed by atoms with van der Waals surface area (Å²) in [6.07, 6.45) is 1.18. The van der Waals surface area contributed by atoms with Crippen molar-refractivity contribution in [3.63, 3.8) is 0 Å². The molecule has 5 nitrogen and oxygen atoms in total. The van der Waals surface area contributed by atoms with Crippen molar-refractivity contribution in [2.24, 2.45) is 5.41 Å². The first-order chi connectivity index (χ1) is 8.43. The highest BCUT2D eigenvalue weighted by Crippen LogP contribution is 2.44. The maximum absolute atomic E-state index is 5.73. The van der Waals surface area contributed by atoms with Crippen molar-refractivity contribution >= 4 is 29.2 Å². The molecule has 0 aliphatic heterocycles. The van der Waals surface area contributed by atoms with Crippen LogP contribution in [0.3, 0.4) is 0 Å². The van der Waals surface area contributed by atoms with Crippen LogP contribution >= 0.6 is 23.2 Å². The molecule has 0 amide bonds. The molecule has 1 aromatic rings.